The van der Waals surface area contributed by atoms with Crippen LogP contribution in [-0.4, -0.2) is 12.8 Å². The van der Waals surface area contributed by atoms with E-state index in [1.165, 1.54) is 6.07 Å². The summed E-state index contributed by atoms with van der Waals surface area (Å²) in [5.41, 5.74) is 10.9. The molecule has 0 saturated heterocycles. The van der Waals surface area contributed by atoms with Gasteiger partial charge < -0.3 is 11.1 Å². The van der Waals surface area contributed by atoms with Gasteiger partial charge in [0.05, 0.1) is 6.04 Å². The second kappa shape index (κ2) is 7.90. The Bertz CT molecular complexity index is 837. The van der Waals surface area contributed by atoms with E-state index < -0.39 is 6.04 Å². The smallest absolute Gasteiger partial charge is 0.128 e. The lowest BCUT2D eigenvalue weighted by atomic mass is 9.93. The van der Waals surface area contributed by atoms with Gasteiger partial charge in [-0.2, -0.15) is 0 Å². The van der Waals surface area contributed by atoms with Crippen molar-refractivity contribution >= 4 is 17.5 Å². The topological polar surface area (TPSA) is 50.4 Å². The summed E-state index contributed by atoms with van der Waals surface area (Å²) in [5.74, 6) is -0.287. The highest BCUT2D eigenvalue weighted by Crippen LogP contribution is 2.31. The fraction of sp³-hybridized carbons (Fsp3) is 0.190. The minimum Gasteiger partial charge on any atom is -0.385 e. The number of hydrogen-bond donors (Lipinski definition) is 2. The maximum absolute atomic E-state index is 14.2. The number of halogens is 1. The van der Waals surface area contributed by atoms with E-state index in [0.717, 1.165) is 35.4 Å². The molecule has 3 rings (SSSR count). The van der Waals surface area contributed by atoms with Crippen LogP contribution < -0.4 is 11.1 Å². The lowest BCUT2D eigenvalue weighted by Gasteiger charge is -2.20. The zero-order valence-corrected chi connectivity index (χ0v) is 14.2. The second-order valence-corrected chi connectivity index (χ2v) is 5.87. The van der Waals surface area contributed by atoms with Crippen LogP contribution >= 0.6 is 0 Å². The van der Waals surface area contributed by atoms with Gasteiger partial charge in [-0.05, 0) is 47.9 Å². The van der Waals surface area contributed by atoms with Crippen molar-refractivity contribution in [1.82, 2.24) is 0 Å². The Labute approximate surface area is 147 Å². The van der Waals surface area contributed by atoms with E-state index in [1.54, 1.807) is 18.3 Å². The molecule has 3 nitrogen and oxygen atoms in total. The number of nitrogens with two attached hydrogens (primary N) is 1. The highest BCUT2D eigenvalue weighted by molar-refractivity contribution is 5.80. The molecule has 4 heteroatoms. The molecule has 1 atom stereocenters. The quantitative estimate of drug-likeness (QED) is 0.834. The van der Waals surface area contributed by atoms with Gasteiger partial charge in [0.2, 0.25) is 0 Å². The van der Waals surface area contributed by atoms with Gasteiger partial charge in [-0.25, -0.2) is 4.39 Å². The lowest BCUT2D eigenvalue weighted by molar-refractivity contribution is 0.600. The molecule has 0 radical (unpaired) electrons. The molecule has 2 aromatic rings. The number of rotatable bonds is 5. The van der Waals surface area contributed by atoms with E-state index in [-0.39, 0.29) is 5.82 Å². The maximum atomic E-state index is 14.2. The third-order valence-electron chi connectivity index (χ3n) is 4.22. The normalized spacial score (nSPS) is 14.8. The monoisotopic (exact) mass is 335 g/mol. The molecule has 128 valence electrons. The minimum absolute atomic E-state index is 0.287. The number of hydrogen-bond acceptors (Lipinski definition) is 3. The number of aliphatic imine (C=N–C) groups is 1. The van der Waals surface area contributed by atoms with Crippen LogP contribution in [-0.2, 0) is 0 Å². The largest absolute Gasteiger partial charge is 0.385 e. The van der Waals surface area contributed by atoms with Gasteiger partial charge >= 0.3 is 0 Å². The average molecular weight is 335 g/mol. The fourth-order valence-electron chi connectivity index (χ4n) is 2.95. The first-order valence-electron chi connectivity index (χ1n) is 8.47. The van der Waals surface area contributed by atoms with Gasteiger partial charge in [0.15, 0.2) is 0 Å². The van der Waals surface area contributed by atoms with E-state index >= 15 is 0 Å². The first kappa shape index (κ1) is 17.1. The first-order chi connectivity index (χ1) is 12.2. The second-order valence-electron chi connectivity index (χ2n) is 5.87. The number of allylic oxidation sites excluding steroid dienone is 3. The van der Waals surface area contributed by atoms with Crippen LogP contribution in [0.3, 0.4) is 0 Å². The summed E-state index contributed by atoms with van der Waals surface area (Å²) >= 11 is 0. The molecule has 3 N–H and O–H groups in total. The van der Waals surface area contributed by atoms with Crippen molar-refractivity contribution in [2.45, 2.75) is 19.4 Å². The van der Waals surface area contributed by atoms with Crippen LogP contribution in [0, 0.1) is 5.82 Å². The van der Waals surface area contributed by atoms with E-state index in [4.69, 9.17) is 5.73 Å². The standard InChI is InChI=1S/C21H22FN3/c1-2-25-20-10-9-16(15-6-5-12-24-13-11-15)14-18(20)21(23)17-7-3-4-8-19(17)22/h3-4,6-14,21,25H,2,5,23H2,1H3. The summed E-state index contributed by atoms with van der Waals surface area (Å²) < 4.78 is 14.2. The van der Waals surface area contributed by atoms with Crippen molar-refractivity contribution < 1.29 is 4.39 Å². The van der Waals surface area contributed by atoms with E-state index in [0.29, 0.717) is 5.56 Å². The fourth-order valence-corrected chi connectivity index (χ4v) is 2.95. The Morgan fingerprint density at radius 3 is 2.84 bits per heavy atom. The molecule has 25 heavy (non-hydrogen) atoms. The van der Waals surface area contributed by atoms with Gasteiger partial charge in [-0.3, -0.25) is 4.99 Å². The number of anilines is 1. The molecule has 1 aliphatic heterocycles. The Morgan fingerprint density at radius 1 is 1.20 bits per heavy atom. The predicted molar refractivity (Wildman–Crippen MR) is 103 cm³/mol. The Hall–Kier alpha value is -2.72. The molecule has 0 bridgehead atoms. The molecule has 0 fully saturated rings. The predicted octanol–water partition coefficient (Wildman–Crippen LogP) is 4.68. The first-order valence-corrected chi connectivity index (χ1v) is 8.47. The van der Waals surface area contributed by atoms with Crippen molar-refractivity contribution in [2.24, 2.45) is 10.7 Å². The van der Waals surface area contributed by atoms with Crippen molar-refractivity contribution in [3.05, 3.63) is 83.3 Å². The molecule has 0 aliphatic carbocycles. The average Bonchev–Trinajstić information content (AvgIpc) is 2.92. The highest BCUT2D eigenvalue weighted by Gasteiger charge is 2.17. The summed E-state index contributed by atoms with van der Waals surface area (Å²) in [6.45, 7) is 2.80. The molecule has 0 aromatic heterocycles. The molecule has 0 saturated carbocycles. The zero-order valence-electron chi connectivity index (χ0n) is 14.2. The van der Waals surface area contributed by atoms with Crippen LogP contribution in [0.4, 0.5) is 10.1 Å². The van der Waals surface area contributed by atoms with E-state index in [2.05, 4.69) is 22.5 Å². The van der Waals surface area contributed by atoms with Crippen LogP contribution in [0.15, 0.2) is 65.8 Å². The summed E-state index contributed by atoms with van der Waals surface area (Å²) in [5, 5.41) is 3.32. The summed E-state index contributed by atoms with van der Waals surface area (Å²) in [4.78, 5) is 4.17. The number of nitrogens with zero attached hydrogens (tertiary/aromatic N) is 1. The van der Waals surface area contributed by atoms with Gasteiger partial charge in [-0.15, -0.1) is 0 Å². The van der Waals surface area contributed by atoms with Crippen LogP contribution in [0.5, 0.6) is 0 Å². The van der Waals surface area contributed by atoms with Gasteiger partial charge in [0.1, 0.15) is 5.82 Å². The molecular weight excluding hydrogens is 313 g/mol. The van der Waals surface area contributed by atoms with Crippen LogP contribution in [0.25, 0.3) is 5.57 Å². The SMILES string of the molecule is CCNc1ccc(C2=CCC=NC=C2)cc1C(N)c1ccccc1F. The molecule has 1 aliphatic rings. The lowest BCUT2D eigenvalue weighted by Crippen LogP contribution is -2.16. The zero-order chi connectivity index (χ0) is 17.6. The van der Waals surface area contributed by atoms with Crippen molar-refractivity contribution in [3.63, 3.8) is 0 Å². The van der Waals surface area contributed by atoms with Crippen molar-refractivity contribution in [2.75, 3.05) is 11.9 Å². The molecule has 0 spiro atoms. The van der Waals surface area contributed by atoms with Crippen LogP contribution in [0.2, 0.25) is 0 Å². The van der Waals surface area contributed by atoms with Gasteiger partial charge in [0.25, 0.3) is 0 Å². The Morgan fingerprint density at radius 2 is 2.04 bits per heavy atom. The number of nitrogens with one attached hydrogen (secondary N) is 1. The Kier molecular flexibility index (Phi) is 5.41. The molecule has 0 amide bonds. The summed E-state index contributed by atoms with van der Waals surface area (Å²) in [6, 6.07) is 12.2. The van der Waals surface area contributed by atoms with E-state index in [9.17, 15) is 4.39 Å². The van der Waals surface area contributed by atoms with E-state index in [1.807, 2.05) is 37.4 Å². The van der Waals surface area contributed by atoms with Crippen molar-refractivity contribution in [3.8, 4) is 0 Å². The summed E-state index contributed by atoms with van der Waals surface area (Å²) in [6.07, 6.45) is 8.53. The maximum Gasteiger partial charge on any atom is 0.128 e. The van der Waals surface area contributed by atoms with Crippen LogP contribution in [0.1, 0.15) is 36.1 Å². The molecule has 2 aromatic carbocycles. The molecular formula is C21H22FN3. The minimum atomic E-state index is -0.540. The van der Waals surface area contributed by atoms with Crippen molar-refractivity contribution in [1.29, 1.82) is 0 Å². The third-order valence-corrected chi connectivity index (χ3v) is 4.22. The molecule has 1 unspecified atom stereocenters. The summed E-state index contributed by atoms with van der Waals surface area (Å²) in [7, 11) is 0. The molecule has 1 heterocycles. The Balaban J connectivity index is 2.05. The van der Waals surface area contributed by atoms with Gasteiger partial charge in [0, 0.05) is 36.6 Å². The highest BCUT2D eigenvalue weighted by atomic mass is 19.1. The number of benzene rings is 2. The third kappa shape index (κ3) is 3.86. The van der Waals surface area contributed by atoms with Gasteiger partial charge in [-0.1, -0.05) is 30.3 Å².